The van der Waals surface area contributed by atoms with Crippen LogP contribution in [0.5, 0.6) is 0 Å². The van der Waals surface area contributed by atoms with Crippen molar-refractivity contribution in [1.29, 1.82) is 0 Å². The number of halogens is 1. The standard InChI is InChI=1S/C27H24ClNO4/c28-21-9-5-4-8-16(21)14-33-27(32)22(12-15-6-2-1-3-7-15)29-25(30)23-17-10-11-18(20-13-19(17)20)24(23)26(29)31/h1-11,17-20,22-24H,12-14H2/t17-,18-,19-,20+,22-,23+,24+/m0/s1. The van der Waals surface area contributed by atoms with Gasteiger partial charge in [-0.2, -0.15) is 0 Å². The van der Waals surface area contributed by atoms with E-state index in [9.17, 15) is 14.4 Å². The maximum absolute atomic E-state index is 13.6. The highest BCUT2D eigenvalue weighted by Gasteiger charge is 2.68. The van der Waals surface area contributed by atoms with E-state index in [4.69, 9.17) is 16.3 Å². The van der Waals surface area contributed by atoms with E-state index in [-0.39, 0.29) is 48.5 Å². The zero-order chi connectivity index (χ0) is 22.7. The summed E-state index contributed by atoms with van der Waals surface area (Å²) in [6.07, 6.45) is 5.60. The van der Waals surface area contributed by atoms with Crippen LogP contribution in [0.1, 0.15) is 17.5 Å². The number of hydrogen-bond acceptors (Lipinski definition) is 4. The molecule has 168 valence electrons. The molecule has 0 aromatic heterocycles. The summed E-state index contributed by atoms with van der Waals surface area (Å²) in [5, 5.41) is 0.506. The summed E-state index contributed by atoms with van der Waals surface area (Å²) in [5.74, 6) is -0.446. The molecule has 1 aliphatic heterocycles. The van der Waals surface area contributed by atoms with Gasteiger partial charge in [0.15, 0.2) is 0 Å². The summed E-state index contributed by atoms with van der Waals surface area (Å²) in [7, 11) is 0. The van der Waals surface area contributed by atoms with Crippen molar-refractivity contribution in [1.82, 2.24) is 4.90 Å². The first kappa shape index (κ1) is 20.7. The summed E-state index contributed by atoms with van der Waals surface area (Å²) < 4.78 is 5.62. The second kappa shape index (κ2) is 7.84. The number of likely N-dealkylation sites (tertiary alicyclic amines) is 1. The van der Waals surface area contributed by atoms with Crippen LogP contribution in [-0.4, -0.2) is 28.7 Å². The molecule has 5 aliphatic rings. The number of carbonyl (C=O) groups excluding carboxylic acids is 3. The molecular formula is C27H24ClNO4. The first-order valence-corrected chi connectivity index (χ1v) is 11.9. The monoisotopic (exact) mass is 461 g/mol. The Morgan fingerprint density at radius 2 is 1.55 bits per heavy atom. The van der Waals surface area contributed by atoms with Gasteiger partial charge in [-0.15, -0.1) is 0 Å². The number of carbonyl (C=O) groups is 3. The van der Waals surface area contributed by atoms with Crippen LogP contribution in [0.25, 0.3) is 0 Å². The summed E-state index contributed by atoms with van der Waals surface area (Å²) in [6, 6.07) is 15.6. The van der Waals surface area contributed by atoms with E-state index in [1.807, 2.05) is 42.5 Å². The van der Waals surface area contributed by atoms with Gasteiger partial charge in [-0.05, 0) is 41.7 Å². The molecule has 0 N–H and O–H groups in total. The molecule has 0 radical (unpaired) electrons. The van der Waals surface area contributed by atoms with Gasteiger partial charge in [-0.3, -0.25) is 14.5 Å². The molecule has 0 unspecified atom stereocenters. The summed E-state index contributed by atoms with van der Waals surface area (Å²) in [4.78, 5) is 41.8. The maximum Gasteiger partial charge on any atom is 0.330 e. The number of nitrogens with zero attached hydrogens (tertiary/aromatic N) is 1. The largest absolute Gasteiger partial charge is 0.459 e. The third-order valence-electron chi connectivity index (χ3n) is 7.88. The van der Waals surface area contributed by atoms with Crippen LogP contribution in [0.3, 0.4) is 0 Å². The topological polar surface area (TPSA) is 63.7 Å². The number of allylic oxidation sites excluding steroid dienone is 2. The van der Waals surface area contributed by atoms with E-state index in [0.717, 1.165) is 12.0 Å². The van der Waals surface area contributed by atoms with E-state index < -0.39 is 12.0 Å². The molecule has 3 fully saturated rings. The minimum atomic E-state index is -0.990. The van der Waals surface area contributed by atoms with Gasteiger partial charge in [0, 0.05) is 17.0 Å². The number of amides is 2. The van der Waals surface area contributed by atoms with E-state index in [1.54, 1.807) is 12.1 Å². The Morgan fingerprint density at radius 3 is 2.18 bits per heavy atom. The van der Waals surface area contributed by atoms with Crippen LogP contribution in [0.2, 0.25) is 5.02 Å². The Labute approximate surface area is 197 Å². The lowest BCUT2D eigenvalue weighted by molar-refractivity contribution is -0.160. The maximum atomic E-state index is 13.6. The molecule has 2 saturated carbocycles. The predicted octanol–water partition coefficient (Wildman–Crippen LogP) is 4.05. The smallest absolute Gasteiger partial charge is 0.330 e. The predicted molar refractivity (Wildman–Crippen MR) is 122 cm³/mol. The molecular weight excluding hydrogens is 438 g/mol. The molecule has 5 nitrogen and oxygen atoms in total. The van der Waals surface area contributed by atoms with Crippen molar-refractivity contribution in [2.75, 3.05) is 0 Å². The molecule has 1 saturated heterocycles. The molecule has 1 heterocycles. The van der Waals surface area contributed by atoms with Gasteiger partial charge in [-0.25, -0.2) is 4.79 Å². The lowest BCUT2D eigenvalue weighted by Gasteiger charge is -2.37. The molecule has 0 spiro atoms. The number of hydrogen-bond donors (Lipinski definition) is 0. The lowest BCUT2D eigenvalue weighted by atomic mass is 9.63. The lowest BCUT2D eigenvalue weighted by Crippen LogP contribution is -2.47. The van der Waals surface area contributed by atoms with Crippen molar-refractivity contribution in [2.45, 2.75) is 25.5 Å². The van der Waals surface area contributed by atoms with E-state index >= 15 is 0 Å². The van der Waals surface area contributed by atoms with Crippen LogP contribution in [0, 0.1) is 35.5 Å². The van der Waals surface area contributed by atoms with Gasteiger partial charge in [0.1, 0.15) is 12.6 Å². The Hall–Kier alpha value is -2.92. The van der Waals surface area contributed by atoms with Gasteiger partial charge >= 0.3 is 5.97 Å². The summed E-state index contributed by atoms with van der Waals surface area (Å²) in [6.45, 7) is -0.0101. The van der Waals surface area contributed by atoms with E-state index in [0.29, 0.717) is 22.4 Å². The highest BCUT2D eigenvalue weighted by atomic mass is 35.5. The van der Waals surface area contributed by atoms with Crippen molar-refractivity contribution < 1.29 is 19.1 Å². The zero-order valence-electron chi connectivity index (χ0n) is 18.0. The fourth-order valence-corrected chi connectivity index (χ4v) is 6.46. The molecule has 7 rings (SSSR count). The van der Waals surface area contributed by atoms with Crippen molar-refractivity contribution >= 4 is 29.4 Å². The molecule has 7 atom stereocenters. The number of rotatable bonds is 6. The number of imide groups is 1. The first-order chi connectivity index (χ1) is 16.0. The number of esters is 1. The Bertz CT molecular complexity index is 1130. The summed E-state index contributed by atoms with van der Waals surface area (Å²) >= 11 is 6.21. The normalized spacial score (nSPS) is 31.8. The average Bonchev–Trinajstić information content (AvgIpc) is 3.61. The molecule has 6 heteroatoms. The molecule has 2 aromatic rings. The van der Waals surface area contributed by atoms with Crippen LogP contribution in [-0.2, 0) is 32.1 Å². The van der Waals surface area contributed by atoms with Crippen LogP contribution >= 0.6 is 11.6 Å². The SMILES string of the molecule is O=C(OCc1ccccc1Cl)[C@H](Cc1ccccc1)N1C(=O)[C@@H]2[C@H]3C=C[C@@H]([C@@H]4C[C@H]34)[C@H]2C1=O. The number of ether oxygens (including phenoxy) is 1. The highest BCUT2D eigenvalue weighted by Crippen LogP contribution is 2.65. The second-order valence-electron chi connectivity index (χ2n) is 9.61. The quantitative estimate of drug-likeness (QED) is 0.370. The van der Waals surface area contributed by atoms with Crippen molar-refractivity contribution in [3.8, 4) is 0 Å². The van der Waals surface area contributed by atoms with Crippen molar-refractivity contribution in [3.05, 3.63) is 82.9 Å². The fourth-order valence-electron chi connectivity index (χ4n) is 6.27. The minimum absolute atomic E-state index is 0.0101. The fraction of sp³-hybridized carbons (Fsp3) is 0.370. The van der Waals surface area contributed by atoms with Gasteiger partial charge in [0.2, 0.25) is 11.8 Å². The Balaban J connectivity index is 1.29. The molecule has 2 bridgehead atoms. The Kier molecular flexibility index (Phi) is 4.91. The minimum Gasteiger partial charge on any atom is -0.459 e. The average molecular weight is 462 g/mol. The van der Waals surface area contributed by atoms with Gasteiger partial charge < -0.3 is 4.74 Å². The first-order valence-electron chi connectivity index (χ1n) is 11.5. The van der Waals surface area contributed by atoms with Crippen molar-refractivity contribution in [3.63, 3.8) is 0 Å². The third-order valence-corrected chi connectivity index (χ3v) is 8.25. The van der Waals surface area contributed by atoms with E-state index in [2.05, 4.69) is 12.2 Å². The number of benzene rings is 2. The highest BCUT2D eigenvalue weighted by molar-refractivity contribution is 6.31. The Morgan fingerprint density at radius 1 is 0.939 bits per heavy atom. The van der Waals surface area contributed by atoms with Crippen LogP contribution in [0.15, 0.2) is 66.7 Å². The third kappa shape index (κ3) is 3.33. The van der Waals surface area contributed by atoms with Crippen molar-refractivity contribution in [2.24, 2.45) is 35.5 Å². The molecule has 2 aromatic carbocycles. The molecule has 4 aliphatic carbocycles. The van der Waals surface area contributed by atoms with Gasteiger partial charge in [-0.1, -0.05) is 72.3 Å². The van der Waals surface area contributed by atoms with Gasteiger partial charge in [0.05, 0.1) is 11.8 Å². The van der Waals surface area contributed by atoms with Crippen LogP contribution < -0.4 is 0 Å². The zero-order valence-corrected chi connectivity index (χ0v) is 18.7. The second-order valence-corrected chi connectivity index (χ2v) is 10.0. The van der Waals surface area contributed by atoms with Gasteiger partial charge in [0.25, 0.3) is 0 Å². The van der Waals surface area contributed by atoms with E-state index in [1.165, 1.54) is 4.90 Å². The van der Waals surface area contributed by atoms with Crippen LogP contribution in [0.4, 0.5) is 0 Å². The summed E-state index contributed by atoms with van der Waals surface area (Å²) in [5.41, 5.74) is 1.55. The molecule has 33 heavy (non-hydrogen) atoms. The molecule has 2 amide bonds.